The summed E-state index contributed by atoms with van der Waals surface area (Å²) in [5.74, 6) is 1.86. The van der Waals surface area contributed by atoms with E-state index in [-0.39, 0.29) is 23.7 Å². The van der Waals surface area contributed by atoms with Crippen LogP contribution in [0.2, 0.25) is 0 Å². The van der Waals surface area contributed by atoms with Gasteiger partial charge < -0.3 is 19.5 Å². The third-order valence-electron chi connectivity index (χ3n) is 6.33. The van der Waals surface area contributed by atoms with Gasteiger partial charge in [0.15, 0.2) is 0 Å². The van der Waals surface area contributed by atoms with E-state index < -0.39 is 5.60 Å². The van der Waals surface area contributed by atoms with E-state index in [1.807, 2.05) is 63.2 Å². The van der Waals surface area contributed by atoms with E-state index in [0.29, 0.717) is 17.3 Å². The lowest BCUT2D eigenvalue weighted by Gasteiger charge is -2.36. The molecule has 0 spiro atoms. The summed E-state index contributed by atoms with van der Waals surface area (Å²) >= 11 is 0. The van der Waals surface area contributed by atoms with Crippen LogP contribution in [-0.2, 0) is 10.2 Å². The first-order chi connectivity index (χ1) is 17.5. The van der Waals surface area contributed by atoms with Crippen LogP contribution in [0.15, 0.2) is 66.7 Å². The van der Waals surface area contributed by atoms with Crippen molar-refractivity contribution in [2.45, 2.75) is 70.6 Å². The zero-order valence-corrected chi connectivity index (χ0v) is 21.9. The number of alkyl carbamates (subject to hydrolysis) is 1. The Labute approximate surface area is 218 Å². The maximum atomic E-state index is 11.9. The van der Waals surface area contributed by atoms with Crippen molar-refractivity contribution in [1.82, 2.24) is 10.3 Å². The van der Waals surface area contributed by atoms with Crippen LogP contribution in [0.5, 0.6) is 17.4 Å². The van der Waals surface area contributed by atoms with Crippen molar-refractivity contribution in [1.29, 1.82) is 5.26 Å². The molecule has 1 saturated carbocycles. The predicted octanol–water partition coefficient (Wildman–Crippen LogP) is 6.51. The largest absolute Gasteiger partial charge is 0.490 e. The molecule has 192 valence electrons. The zero-order valence-electron chi connectivity index (χ0n) is 21.9. The molecule has 3 aromatic rings. The topological polar surface area (TPSA) is 93.5 Å². The minimum Gasteiger partial charge on any atom is -0.490 e. The van der Waals surface area contributed by atoms with Gasteiger partial charge in [0.2, 0.25) is 5.88 Å². The molecule has 1 heterocycles. The highest BCUT2D eigenvalue weighted by Crippen LogP contribution is 2.35. The van der Waals surface area contributed by atoms with E-state index in [2.05, 4.69) is 36.3 Å². The van der Waals surface area contributed by atoms with Crippen molar-refractivity contribution in [3.63, 3.8) is 0 Å². The Balaban J connectivity index is 1.31. The number of nitrogens with zero attached hydrogens (tertiary/aromatic N) is 2. The quantitative estimate of drug-likeness (QED) is 0.398. The van der Waals surface area contributed by atoms with Gasteiger partial charge >= 0.3 is 6.09 Å². The number of pyridine rings is 1. The average molecular weight is 500 g/mol. The Bertz CT molecular complexity index is 1270. The van der Waals surface area contributed by atoms with Gasteiger partial charge in [0.05, 0.1) is 0 Å². The van der Waals surface area contributed by atoms with Crippen LogP contribution in [0.3, 0.4) is 0 Å². The molecule has 1 aliphatic carbocycles. The highest BCUT2D eigenvalue weighted by atomic mass is 16.6. The number of rotatable bonds is 7. The van der Waals surface area contributed by atoms with Crippen LogP contribution >= 0.6 is 0 Å². The number of nitriles is 1. The Kier molecular flexibility index (Phi) is 7.40. The van der Waals surface area contributed by atoms with E-state index in [4.69, 9.17) is 19.5 Å². The number of ether oxygens (including phenoxy) is 3. The Morgan fingerprint density at radius 2 is 1.51 bits per heavy atom. The van der Waals surface area contributed by atoms with Crippen molar-refractivity contribution >= 4 is 6.09 Å². The number of nitrogens with one attached hydrogen (secondary N) is 1. The normalized spacial score (nSPS) is 17.2. The fourth-order valence-corrected chi connectivity index (χ4v) is 4.16. The van der Waals surface area contributed by atoms with Crippen LogP contribution in [-0.4, -0.2) is 28.8 Å². The van der Waals surface area contributed by atoms with Crippen molar-refractivity contribution in [3.8, 4) is 23.4 Å². The maximum Gasteiger partial charge on any atom is 0.407 e. The molecule has 7 nitrogen and oxygen atoms in total. The number of carbonyl (C=O) groups excluding carboxylic acids is 1. The van der Waals surface area contributed by atoms with Crippen LogP contribution in [0.1, 0.15) is 64.3 Å². The van der Waals surface area contributed by atoms with Crippen LogP contribution in [0.25, 0.3) is 0 Å². The van der Waals surface area contributed by atoms with E-state index in [9.17, 15) is 4.79 Å². The van der Waals surface area contributed by atoms with E-state index in [0.717, 1.165) is 29.7 Å². The molecule has 1 aliphatic rings. The van der Waals surface area contributed by atoms with Gasteiger partial charge in [-0.2, -0.15) is 5.26 Å². The number of amides is 1. The Hall–Kier alpha value is -4.05. The first kappa shape index (κ1) is 26.0. The van der Waals surface area contributed by atoms with Crippen LogP contribution in [0, 0.1) is 11.3 Å². The average Bonchev–Trinajstić information content (AvgIpc) is 2.82. The monoisotopic (exact) mass is 499 g/mol. The van der Waals surface area contributed by atoms with Gasteiger partial charge in [-0.25, -0.2) is 9.78 Å². The van der Waals surface area contributed by atoms with Gasteiger partial charge in [-0.15, -0.1) is 0 Å². The molecule has 2 aromatic carbocycles. The second-order valence-electron chi connectivity index (χ2n) is 10.8. The zero-order chi connectivity index (χ0) is 26.6. The third-order valence-corrected chi connectivity index (χ3v) is 6.33. The predicted molar refractivity (Wildman–Crippen MR) is 141 cm³/mol. The van der Waals surface area contributed by atoms with Crippen LogP contribution in [0.4, 0.5) is 4.79 Å². The fraction of sp³-hybridized carbons (Fsp3) is 0.367. The molecule has 0 unspecified atom stereocenters. The van der Waals surface area contributed by atoms with E-state index in [1.54, 1.807) is 18.2 Å². The lowest BCUT2D eigenvalue weighted by atomic mass is 9.78. The molecule has 1 fully saturated rings. The number of hydrogen-bond acceptors (Lipinski definition) is 6. The van der Waals surface area contributed by atoms with Crippen molar-refractivity contribution in [2.24, 2.45) is 0 Å². The number of carbonyl (C=O) groups is 1. The minimum absolute atomic E-state index is 0.0784. The fourth-order valence-electron chi connectivity index (χ4n) is 4.16. The lowest BCUT2D eigenvalue weighted by Crippen LogP contribution is -2.50. The van der Waals surface area contributed by atoms with Gasteiger partial charge in [0.1, 0.15) is 35.0 Å². The molecule has 0 atom stereocenters. The summed E-state index contributed by atoms with van der Waals surface area (Å²) in [5, 5.41) is 11.9. The number of aromatic nitrogens is 1. The summed E-state index contributed by atoms with van der Waals surface area (Å²) in [6.45, 7) is 9.91. The molecular formula is C30H33N3O4. The molecule has 7 heteroatoms. The van der Waals surface area contributed by atoms with E-state index in [1.165, 1.54) is 0 Å². The van der Waals surface area contributed by atoms with E-state index >= 15 is 0 Å². The molecule has 37 heavy (non-hydrogen) atoms. The third kappa shape index (κ3) is 6.79. The van der Waals surface area contributed by atoms with Gasteiger partial charge in [-0.1, -0.05) is 44.2 Å². The lowest BCUT2D eigenvalue weighted by molar-refractivity contribution is 0.0363. The van der Waals surface area contributed by atoms with Crippen molar-refractivity contribution in [3.05, 3.63) is 83.6 Å². The smallest absolute Gasteiger partial charge is 0.407 e. The number of hydrogen-bond donors (Lipinski definition) is 1. The van der Waals surface area contributed by atoms with Gasteiger partial charge in [-0.3, -0.25) is 0 Å². The highest BCUT2D eigenvalue weighted by Gasteiger charge is 2.33. The van der Waals surface area contributed by atoms with Gasteiger partial charge in [0.25, 0.3) is 0 Å². The summed E-state index contributed by atoms with van der Waals surface area (Å²) < 4.78 is 17.2. The second-order valence-corrected chi connectivity index (χ2v) is 10.8. The Morgan fingerprint density at radius 3 is 2.08 bits per heavy atom. The Morgan fingerprint density at radius 1 is 0.919 bits per heavy atom. The molecule has 0 aliphatic heterocycles. The summed E-state index contributed by atoms with van der Waals surface area (Å²) in [6.07, 6.45) is 1.22. The van der Waals surface area contributed by atoms with Crippen molar-refractivity contribution < 1.29 is 19.0 Å². The standard InChI is InChI=1S/C30H33N3O4/c1-29(2,3)37-28(34)33-23-17-26(18-23)35-24-13-9-20(10-14-24)30(4,5)21-11-15-25(16-12-21)36-27-8-6-7-22(19-31)32-27/h6-16,23,26H,17-18H2,1-5H3,(H,33,34). The summed E-state index contributed by atoms with van der Waals surface area (Å²) in [6, 6.07) is 23.3. The molecule has 0 saturated heterocycles. The number of benzene rings is 2. The first-order valence-electron chi connectivity index (χ1n) is 12.4. The highest BCUT2D eigenvalue weighted by molar-refractivity contribution is 5.68. The van der Waals surface area contributed by atoms with Crippen molar-refractivity contribution in [2.75, 3.05) is 0 Å². The maximum absolute atomic E-state index is 11.9. The molecule has 4 rings (SSSR count). The first-order valence-corrected chi connectivity index (χ1v) is 12.4. The SMILES string of the molecule is CC(C)(C)OC(=O)NC1CC(Oc2ccc(C(C)(C)c3ccc(Oc4cccc(C#N)n4)cc3)cc2)C1. The summed E-state index contributed by atoms with van der Waals surface area (Å²) in [5.41, 5.74) is 1.89. The summed E-state index contributed by atoms with van der Waals surface area (Å²) in [7, 11) is 0. The summed E-state index contributed by atoms with van der Waals surface area (Å²) in [4.78, 5) is 16.1. The molecule has 1 aromatic heterocycles. The van der Waals surface area contributed by atoms with Gasteiger partial charge in [0, 0.05) is 30.4 Å². The van der Waals surface area contributed by atoms with Crippen LogP contribution < -0.4 is 14.8 Å². The minimum atomic E-state index is -0.502. The molecule has 0 radical (unpaired) electrons. The molecule has 1 N–H and O–H groups in total. The molecular weight excluding hydrogens is 466 g/mol. The molecule has 0 bridgehead atoms. The molecule has 1 amide bonds. The second kappa shape index (κ2) is 10.5. The van der Waals surface area contributed by atoms with Gasteiger partial charge in [-0.05, 0) is 62.2 Å².